The number of anilines is 1. The molecule has 0 aliphatic rings. The Bertz CT molecular complexity index is 1070. The van der Waals surface area contributed by atoms with E-state index in [1.165, 1.54) is 27.0 Å². The van der Waals surface area contributed by atoms with Gasteiger partial charge in [-0.3, -0.25) is 4.57 Å². The van der Waals surface area contributed by atoms with Crippen molar-refractivity contribution in [3.8, 4) is 5.75 Å². The molecule has 2 aromatic rings. The summed E-state index contributed by atoms with van der Waals surface area (Å²) < 4.78 is 75.7. The molecule has 36 heavy (non-hydrogen) atoms. The Balaban J connectivity index is 2.57. The van der Waals surface area contributed by atoms with Crippen LogP contribution >= 0.6 is 7.60 Å². The summed E-state index contributed by atoms with van der Waals surface area (Å²) in [7, 11) is -2.31. The summed E-state index contributed by atoms with van der Waals surface area (Å²) in [6.45, 7) is 5.95. The third kappa shape index (κ3) is 6.21. The van der Waals surface area contributed by atoms with E-state index in [1.54, 1.807) is 38.1 Å². The van der Waals surface area contributed by atoms with Gasteiger partial charge in [0.2, 0.25) is 0 Å². The Kier molecular flexibility index (Phi) is 9.96. The molecule has 2 atom stereocenters. The standard InChI is InChI=1S/C24H31F3NO7P/c1-6-33-22(29)23(30,24(25,26)27)18-11-14-20(16(4)15-18)28-21(36(31,34-7-2)35-8-3)17-9-12-19(32-5)13-10-17/h9-15,21,28,30H,6-8H2,1-5H3/t21-,23-/m1/s1. The van der Waals surface area contributed by atoms with Crippen LogP contribution in [0.2, 0.25) is 0 Å². The number of methoxy groups -OCH3 is 1. The van der Waals surface area contributed by atoms with Crippen LogP contribution in [0.4, 0.5) is 18.9 Å². The number of nitrogens with one attached hydrogen (secondary N) is 1. The molecule has 0 aliphatic carbocycles. The van der Waals surface area contributed by atoms with E-state index in [9.17, 15) is 27.6 Å². The summed E-state index contributed by atoms with van der Waals surface area (Å²) >= 11 is 0. The number of halogens is 3. The summed E-state index contributed by atoms with van der Waals surface area (Å²) in [5.41, 5.74) is -3.53. The van der Waals surface area contributed by atoms with Gasteiger partial charge >= 0.3 is 19.7 Å². The van der Waals surface area contributed by atoms with Gasteiger partial charge in [-0.1, -0.05) is 24.3 Å². The zero-order chi connectivity index (χ0) is 27.1. The lowest BCUT2D eigenvalue weighted by Gasteiger charge is -2.30. The van der Waals surface area contributed by atoms with E-state index in [1.807, 2.05) is 0 Å². The molecule has 0 radical (unpaired) electrons. The van der Waals surface area contributed by atoms with E-state index in [2.05, 4.69) is 10.1 Å². The largest absolute Gasteiger partial charge is 0.497 e. The summed E-state index contributed by atoms with van der Waals surface area (Å²) in [5, 5.41) is 13.4. The number of carbonyl (C=O) groups is 1. The van der Waals surface area contributed by atoms with Crippen molar-refractivity contribution in [3.05, 3.63) is 59.2 Å². The summed E-state index contributed by atoms with van der Waals surface area (Å²) in [6, 6.07) is 9.86. The smallest absolute Gasteiger partial charge is 0.432 e. The maximum absolute atomic E-state index is 13.8. The number of alkyl halides is 3. The first-order chi connectivity index (χ1) is 16.9. The van der Waals surface area contributed by atoms with Crippen LogP contribution in [-0.4, -0.2) is 44.2 Å². The topological polar surface area (TPSA) is 103 Å². The van der Waals surface area contributed by atoms with Gasteiger partial charge in [0, 0.05) is 11.3 Å². The van der Waals surface area contributed by atoms with E-state index in [-0.39, 0.29) is 31.1 Å². The molecular formula is C24H31F3NO7P. The highest BCUT2D eigenvalue weighted by atomic mass is 31.2. The average Bonchev–Trinajstić information content (AvgIpc) is 2.82. The minimum absolute atomic E-state index is 0.0850. The second kappa shape index (κ2) is 12.1. The Morgan fingerprint density at radius 3 is 2.06 bits per heavy atom. The molecule has 0 bridgehead atoms. The highest BCUT2D eigenvalue weighted by Crippen LogP contribution is 2.61. The Labute approximate surface area is 208 Å². The van der Waals surface area contributed by atoms with E-state index in [0.29, 0.717) is 11.3 Å². The summed E-state index contributed by atoms with van der Waals surface area (Å²) in [6.07, 6.45) is -5.33. The van der Waals surface area contributed by atoms with Gasteiger partial charge in [-0.2, -0.15) is 13.2 Å². The van der Waals surface area contributed by atoms with Crippen LogP contribution in [0.1, 0.15) is 43.2 Å². The fourth-order valence-corrected chi connectivity index (χ4v) is 5.44. The minimum Gasteiger partial charge on any atom is -0.497 e. The molecule has 0 saturated heterocycles. The van der Waals surface area contributed by atoms with Gasteiger partial charge in [0.15, 0.2) is 5.78 Å². The van der Waals surface area contributed by atoms with Crippen LogP contribution in [0.3, 0.4) is 0 Å². The van der Waals surface area contributed by atoms with E-state index in [0.717, 1.165) is 12.1 Å². The van der Waals surface area contributed by atoms with Crippen molar-refractivity contribution in [1.29, 1.82) is 0 Å². The Morgan fingerprint density at radius 2 is 1.61 bits per heavy atom. The SMILES string of the molecule is CCOC(=O)[C@](O)(c1ccc(N[C@@H](c2ccc(OC)cc2)P(=O)(OCC)OCC)c(C)c1)C(F)(F)F. The van der Waals surface area contributed by atoms with Crippen LogP contribution in [0.25, 0.3) is 0 Å². The first-order valence-corrected chi connectivity index (χ1v) is 12.9. The number of benzene rings is 2. The zero-order valence-corrected chi connectivity index (χ0v) is 21.6. The molecule has 0 aromatic heterocycles. The zero-order valence-electron chi connectivity index (χ0n) is 20.7. The number of carbonyl (C=O) groups excluding carboxylic acids is 1. The fraction of sp³-hybridized carbons (Fsp3) is 0.458. The van der Waals surface area contributed by atoms with Crippen LogP contribution in [0.5, 0.6) is 5.75 Å². The quantitative estimate of drug-likeness (QED) is 0.265. The number of esters is 1. The van der Waals surface area contributed by atoms with Crippen molar-refractivity contribution >= 4 is 19.3 Å². The van der Waals surface area contributed by atoms with Crippen molar-refractivity contribution < 1.29 is 46.2 Å². The van der Waals surface area contributed by atoms with Crippen molar-refractivity contribution in [2.45, 2.75) is 45.3 Å². The van der Waals surface area contributed by atoms with E-state index >= 15 is 0 Å². The second-order valence-electron chi connectivity index (χ2n) is 7.65. The van der Waals surface area contributed by atoms with E-state index < -0.39 is 36.7 Å². The minimum atomic E-state index is -5.33. The van der Waals surface area contributed by atoms with Crippen LogP contribution in [0.15, 0.2) is 42.5 Å². The highest BCUT2D eigenvalue weighted by molar-refractivity contribution is 7.54. The molecule has 2 rings (SSSR count). The van der Waals surface area contributed by atoms with Gasteiger partial charge in [-0.25, -0.2) is 4.79 Å². The van der Waals surface area contributed by atoms with Crippen LogP contribution < -0.4 is 10.1 Å². The van der Waals surface area contributed by atoms with Crippen LogP contribution in [0, 0.1) is 6.92 Å². The molecule has 2 N–H and O–H groups in total. The highest BCUT2D eigenvalue weighted by Gasteiger charge is 2.62. The third-order valence-electron chi connectivity index (χ3n) is 5.28. The van der Waals surface area contributed by atoms with E-state index in [4.69, 9.17) is 13.8 Å². The Morgan fingerprint density at radius 1 is 1.03 bits per heavy atom. The lowest BCUT2D eigenvalue weighted by Crippen LogP contribution is -2.50. The molecule has 8 nitrogen and oxygen atoms in total. The molecule has 0 fully saturated rings. The molecular weight excluding hydrogens is 502 g/mol. The Hall–Kier alpha value is -2.59. The average molecular weight is 533 g/mol. The predicted octanol–water partition coefficient (Wildman–Crippen LogP) is 5.69. The normalized spacial score (nSPS) is 14.6. The molecule has 0 saturated carbocycles. The molecule has 0 heterocycles. The third-order valence-corrected chi connectivity index (χ3v) is 7.58. The first kappa shape index (κ1) is 29.6. The number of rotatable bonds is 12. The van der Waals surface area contributed by atoms with Crippen molar-refractivity contribution in [2.24, 2.45) is 0 Å². The second-order valence-corrected chi connectivity index (χ2v) is 9.77. The fourth-order valence-electron chi connectivity index (χ4n) is 3.51. The maximum Gasteiger partial charge on any atom is 0.432 e. The first-order valence-electron chi connectivity index (χ1n) is 11.2. The number of aliphatic hydroxyl groups is 1. The van der Waals surface area contributed by atoms with Gasteiger partial charge < -0.3 is 28.9 Å². The number of ether oxygens (including phenoxy) is 2. The molecule has 0 amide bonds. The van der Waals surface area contributed by atoms with Crippen LogP contribution in [-0.2, 0) is 28.7 Å². The maximum atomic E-state index is 13.8. The monoisotopic (exact) mass is 533 g/mol. The molecule has 0 unspecified atom stereocenters. The molecule has 0 aliphatic heterocycles. The van der Waals surface area contributed by atoms with Gasteiger partial charge in [-0.05, 0) is 57.0 Å². The van der Waals surface area contributed by atoms with Gasteiger partial charge in [-0.15, -0.1) is 0 Å². The lowest BCUT2D eigenvalue weighted by molar-refractivity contribution is -0.267. The number of hydrogen-bond donors (Lipinski definition) is 2. The number of aryl methyl sites for hydroxylation is 1. The van der Waals surface area contributed by atoms with Crippen molar-refractivity contribution in [3.63, 3.8) is 0 Å². The molecule has 12 heteroatoms. The number of hydrogen-bond acceptors (Lipinski definition) is 8. The van der Waals surface area contributed by atoms with Gasteiger partial charge in [0.05, 0.1) is 26.9 Å². The summed E-state index contributed by atoms with van der Waals surface area (Å²) in [4.78, 5) is 12.1. The molecule has 2 aromatic carbocycles. The predicted molar refractivity (Wildman–Crippen MR) is 128 cm³/mol. The molecule has 0 spiro atoms. The van der Waals surface area contributed by atoms with Gasteiger partial charge in [0.1, 0.15) is 5.75 Å². The van der Waals surface area contributed by atoms with Gasteiger partial charge in [0.25, 0.3) is 5.60 Å². The molecule has 200 valence electrons. The van der Waals surface area contributed by atoms with Crippen molar-refractivity contribution in [1.82, 2.24) is 0 Å². The summed E-state index contributed by atoms with van der Waals surface area (Å²) in [5.74, 6) is -2.29. The van der Waals surface area contributed by atoms with Crippen molar-refractivity contribution in [2.75, 3.05) is 32.2 Å². The lowest BCUT2D eigenvalue weighted by atomic mass is 9.91.